The lowest BCUT2D eigenvalue weighted by Crippen LogP contribution is -2.38. The highest BCUT2D eigenvalue weighted by atomic mass is 32.2. The molecule has 5 nitrogen and oxygen atoms in total. The van der Waals surface area contributed by atoms with Crippen molar-refractivity contribution in [3.05, 3.63) is 118 Å². The van der Waals surface area contributed by atoms with Crippen LogP contribution in [0.5, 0.6) is 5.75 Å². The molecule has 3 aliphatic carbocycles. The summed E-state index contributed by atoms with van der Waals surface area (Å²) in [6, 6.07) is 28.7. The third kappa shape index (κ3) is 4.16. The average molecular weight is 563 g/mol. The molecule has 0 spiro atoms. The Balaban J connectivity index is 1.35. The summed E-state index contributed by atoms with van der Waals surface area (Å²) in [5.41, 5.74) is 5.79. The van der Waals surface area contributed by atoms with E-state index in [-0.39, 0.29) is 28.6 Å². The minimum atomic E-state index is -4.42. The summed E-state index contributed by atoms with van der Waals surface area (Å²) in [5.74, 6) is -0.693. The molecular formula is C35H30O5S. The zero-order chi connectivity index (χ0) is 28.6. The molecule has 0 heterocycles. The molecule has 0 amide bonds. The van der Waals surface area contributed by atoms with Crippen molar-refractivity contribution in [2.75, 3.05) is 0 Å². The fourth-order valence-corrected chi connectivity index (χ4v) is 7.90. The van der Waals surface area contributed by atoms with Crippen molar-refractivity contribution in [2.45, 2.75) is 49.8 Å². The highest BCUT2D eigenvalue weighted by Gasteiger charge is 2.47. The number of carbonyl (C=O) groups is 1. The maximum Gasteiger partial charge on any atom is 0.315 e. The van der Waals surface area contributed by atoms with Gasteiger partial charge < -0.3 is 4.74 Å². The molecule has 0 saturated carbocycles. The number of hydrogen-bond acceptors (Lipinski definition) is 4. The van der Waals surface area contributed by atoms with E-state index in [1.165, 1.54) is 39.1 Å². The Morgan fingerprint density at radius 3 is 1.76 bits per heavy atom. The van der Waals surface area contributed by atoms with Crippen LogP contribution >= 0.6 is 0 Å². The van der Waals surface area contributed by atoms with E-state index < -0.39 is 16.0 Å². The van der Waals surface area contributed by atoms with Gasteiger partial charge in [-0.1, -0.05) is 86.6 Å². The predicted octanol–water partition coefficient (Wildman–Crippen LogP) is 7.87. The molecule has 0 fully saturated rings. The molecule has 1 N–H and O–H groups in total. The number of fused-ring (bicyclic) bond motifs is 3. The van der Waals surface area contributed by atoms with E-state index >= 15 is 0 Å². The van der Waals surface area contributed by atoms with Gasteiger partial charge in [-0.05, 0) is 86.3 Å². The number of hydrogen-bond donors (Lipinski definition) is 1. The monoisotopic (exact) mass is 562 g/mol. The van der Waals surface area contributed by atoms with Crippen LogP contribution in [0, 0.1) is 12.8 Å². The van der Waals surface area contributed by atoms with Crippen LogP contribution in [-0.2, 0) is 14.9 Å². The Labute approximate surface area is 239 Å². The summed E-state index contributed by atoms with van der Waals surface area (Å²) in [6.45, 7) is 5.37. The van der Waals surface area contributed by atoms with Gasteiger partial charge in [0.15, 0.2) is 0 Å². The molecule has 41 heavy (non-hydrogen) atoms. The van der Waals surface area contributed by atoms with Crippen LogP contribution < -0.4 is 4.74 Å². The molecule has 5 aromatic rings. The second-order valence-corrected chi connectivity index (χ2v) is 13.1. The third-order valence-electron chi connectivity index (χ3n) is 8.94. The summed E-state index contributed by atoms with van der Waals surface area (Å²) in [7, 11) is -4.42. The van der Waals surface area contributed by atoms with Gasteiger partial charge in [-0.15, -0.1) is 0 Å². The number of esters is 1. The molecule has 206 valence electrons. The van der Waals surface area contributed by atoms with Crippen molar-refractivity contribution in [1.82, 2.24) is 0 Å². The molecule has 6 heteroatoms. The first-order chi connectivity index (χ1) is 19.6. The van der Waals surface area contributed by atoms with Gasteiger partial charge in [0.25, 0.3) is 10.1 Å². The molecule has 0 radical (unpaired) electrons. The number of aryl methyl sites for hydroxylation is 1. The minimum absolute atomic E-state index is 0.0611. The molecule has 0 aromatic heterocycles. The van der Waals surface area contributed by atoms with E-state index in [4.69, 9.17) is 4.74 Å². The second kappa shape index (κ2) is 9.26. The van der Waals surface area contributed by atoms with E-state index in [1.54, 1.807) is 13.0 Å². The number of ether oxygens (including phenoxy) is 1. The van der Waals surface area contributed by atoms with E-state index in [0.717, 1.165) is 10.8 Å². The number of rotatable bonds is 4. The normalized spacial score (nSPS) is 19.4. The summed E-state index contributed by atoms with van der Waals surface area (Å²) in [4.78, 5) is 13.9. The van der Waals surface area contributed by atoms with E-state index in [0.29, 0.717) is 23.3 Å². The molecule has 3 aliphatic rings. The second-order valence-electron chi connectivity index (χ2n) is 11.7. The van der Waals surface area contributed by atoms with Crippen LogP contribution in [0.4, 0.5) is 0 Å². The van der Waals surface area contributed by atoms with Crippen molar-refractivity contribution < 1.29 is 22.5 Å². The van der Waals surface area contributed by atoms with E-state index in [2.05, 4.69) is 60.7 Å². The van der Waals surface area contributed by atoms with Crippen molar-refractivity contribution in [2.24, 2.45) is 5.92 Å². The Morgan fingerprint density at radius 1 is 0.805 bits per heavy atom. The smallest absolute Gasteiger partial charge is 0.315 e. The summed E-state index contributed by atoms with van der Waals surface area (Å²) in [6.07, 6.45) is 0.638. The van der Waals surface area contributed by atoms with E-state index in [9.17, 15) is 17.8 Å². The summed E-state index contributed by atoms with van der Waals surface area (Å²) in [5, 5.41) is 4.67. The summed E-state index contributed by atoms with van der Waals surface area (Å²) >= 11 is 0. The molecule has 0 saturated heterocycles. The highest BCUT2D eigenvalue weighted by molar-refractivity contribution is 7.85. The molecule has 1 unspecified atom stereocenters. The maximum absolute atomic E-state index is 14.0. The molecule has 2 bridgehead atoms. The van der Waals surface area contributed by atoms with Gasteiger partial charge in [-0.2, -0.15) is 8.42 Å². The Morgan fingerprint density at radius 2 is 1.29 bits per heavy atom. The van der Waals surface area contributed by atoms with Crippen LogP contribution in [0.1, 0.15) is 71.4 Å². The lowest BCUT2D eigenvalue weighted by Gasteiger charge is -2.44. The largest absolute Gasteiger partial charge is 0.426 e. The van der Waals surface area contributed by atoms with Crippen molar-refractivity contribution in [3.63, 3.8) is 0 Å². The van der Waals surface area contributed by atoms with Crippen LogP contribution in [0.2, 0.25) is 0 Å². The van der Waals surface area contributed by atoms with Crippen molar-refractivity contribution in [1.29, 1.82) is 0 Å². The van der Waals surface area contributed by atoms with Gasteiger partial charge in [0, 0.05) is 11.8 Å². The fraction of sp³-hybridized carbons (Fsp3) is 0.229. The first kappa shape index (κ1) is 25.9. The van der Waals surface area contributed by atoms with Crippen LogP contribution in [0.25, 0.3) is 21.5 Å². The fourth-order valence-electron chi connectivity index (χ4n) is 6.98. The Bertz CT molecular complexity index is 1920. The van der Waals surface area contributed by atoms with Crippen molar-refractivity contribution in [3.8, 4) is 5.75 Å². The Kier molecular flexibility index (Phi) is 5.86. The van der Waals surface area contributed by atoms with Gasteiger partial charge in [-0.25, -0.2) is 0 Å². The third-order valence-corrected chi connectivity index (χ3v) is 9.85. The van der Waals surface area contributed by atoms with Gasteiger partial charge >= 0.3 is 5.97 Å². The quantitative estimate of drug-likeness (QED) is 0.137. The maximum atomic E-state index is 14.0. The Hall–Kier alpha value is -4.00. The first-order valence-electron chi connectivity index (χ1n) is 14.0. The first-order valence-corrected chi connectivity index (χ1v) is 15.4. The molecule has 5 aromatic carbocycles. The number of benzene rings is 5. The topological polar surface area (TPSA) is 80.7 Å². The lowest BCUT2D eigenvalue weighted by atomic mass is 9.58. The number of carbonyl (C=O) groups excluding carboxylic acids is 1. The SMILES string of the molecule is Cc1cc(S(=O)(=O)O)c(C(C)C)cc1OC(=O)C1CC2c3cc4ccccc4cc3C1c1cc3ccccc3cc12. The van der Waals surface area contributed by atoms with Crippen molar-refractivity contribution >= 4 is 37.6 Å². The predicted molar refractivity (Wildman–Crippen MR) is 160 cm³/mol. The standard InChI is InChI=1S/C35H30O5S/c1-19(2)25-18-32(20(3)12-33(25)41(37,38)39)40-35(36)31-17-28-26-13-21-8-4-6-10-23(21)15-29(26)34(31)30-16-24-11-7-5-9-22(24)14-27(28)30/h4-16,18-19,28,31,34H,17H2,1-3H3,(H,37,38,39). The highest BCUT2D eigenvalue weighted by Crippen LogP contribution is 2.57. The van der Waals surface area contributed by atoms with Gasteiger partial charge in [0.05, 0.1) is 10.8 Å². The molecule has 1 atom stereocenters. The van der Waals surface area contributed by atoms with Gasteiger partial charge in [0.1, 0.15) is 5.75 Å². The average Bonchev–Trinajstić information content (AvgIpc) is 2.95. The molecule has 8 rings (SSSR count). The lowest BCUT2D eigenvalue weighted by molar-refractivity contribution is -0.140. The van der Waals surface area contributed by atoms with Gasteiger partial charge in [0.2, 0.25) is 0 Å². The van der Waals surface area contributed by atoms with Gasteiger partial charge in [-0.3, -0.25) is 9.35 Å². The summed E-state index contributed by atoms with van der Waals surface area (Å²) < 4.78 is 40.0. The van der Waals surface area contributed by atoms with E-state index in [1.807, 2.05) is 26.0 Å². The minimum Gasteiger partial charge on any atom is -0.426 e. The molecular weight excluding hydrogens is 532 g/mol. The zero-order valence-corrected chi connectivity index (χ0v) is 23.9. The van der Waals surface area contributed by atoms with Crippen LogP contribution in [-0.4, -0.2) is 18.9 Å². The zero-order valence-electron chi connectivity index (χ0n) is 23.1. The van der Waals surface area contributed by atoms with Crippen LogP contribution in [0.3, 0.4) is 0 Å². The van der Waals surface area contributed by atoms with Crippen LogP contribution in [0.15, 0.2) is 89.8 Å². The molecule has 0 aliphatic heterocycles.